The van der Waals surface area contributed by atoms with Crippen LogP contribution in [0.4, 0.5) is 0 Å². The van der Waals surface area contributed by atoms with Gasteiger partial charge in [0, 0.05) is 12.1 Å². The molecule has 104 valence electrons. The number of rotatable bonds is 1. The number of phenolic OH excluding ortho intramolecular Hbond substituents is 2. The summed E-state index contributed by atoms with van der Waals surface area (Å²) in [5.41, 5.74) is 0.561. The lowest BCUT2D eigenvalue weighted by Crippen LogP contribution is -2.40. The van der Waals surface area contributed by atoms with Gasteiger partial charge in [0.05, 0.1) is 11.5 Å². The number of hydrogen-bond acceptors (Lipinski definition) is 5. The van der Waals surface area contributed by atoms with E-state index >= 15 is 0 Å². The van der Waals surface area contributed by atoms with Crippen molar-refractivity contribution in [2.24, 2.45) is 0 Å². The highest BCUT2D eigenvalue weighted by Gasteiger charge is 2.45. The molecule has 2 aromatic carbocycles. The van der Waals surface area contributed by atoms with E-state index in [-0.39, 0.29) is 23.7 Å². The van der Waals surface area contributed by atoms with Crippen LogP contribution in [0.2, 0.25) is 0 Å². The Balaban J connectivity index is 2.12. The molecule has 0 bridgehead atoms. The highest BCUT2D eigenvalue weighted by molar-refractivity contribution is 5.54. The Morgan fingerprint density at radius 3 is 2.45 bits per heavy atom. The molecule has 1 unspecified atom stereocenters. The van der Waals surface area contributed by atoms with Gasteiger partial charge >= 0.3 is 0 Å². The van der Waals surface area contributed by atoms with Crippen LogP contribution in [-0.2, 0) is 5.79 Å². The molecule has 3 rings (SSSR count). The molecule has 1 atom stereocenters. The normalized spacial score (nSPS) is 20.0. The highest BCUT2D eigenvalue weighted by atomic mass is 16.5. The molecule has 1 heterocycles. The fourth-order valence-electron chi connectivity index (χ4n) is 2.55. The maximum atomic E-state index is 10.4. The third kappa shape index (κ3) is 1.88. The minimum absolute atomic E-state index is 0.0346. The van der Waals surface area contributed by atoms with E-state index < -0.39 is 17.5 Å². The van der Waals surface area contributed by atoms with E-state index in [1.165, 1.54) is 6.07 Å². The lowest BCUT2D eigenvalue weighted by atomic mass is 9.84. The summed E-state index contributed by atoms with van der Waals surface area (Å²) >= 11 is 0. The van der Waals surface area contributed by atoms with E-state index in [0.29, 0.717) is 5.56 Å². The maximum absolute atomic E-state index is 10.4. The summed E-state index contributed by atoms with van der Waals surface area (Å²) in [5, 5.41) is 40.2. The van der Waals surface area contributed by atoms with E-state index in [4.69, 9.17) is 4.74 Å². The highest BCUT2D eigenvalue weighted by Crippen LogP contribution is 2.48. The van der Waals surface area contributed by atoms with Gasteiger partial charge in [-0.15, -0.1) is 0 Å². The van der Waals surface area contributed by atoms with Crippen LogP contribution >= 0.6 is 0 Å². The van der Waals surface area contributed by atoms with Crippen molar-refractivity contribution in [1.29, 1.82) is 0 Å². The van der Waals surface area contributed by atoms with Crippen molar-refractivity contribution in [3.8, 4) is 17.2 Å². The molecule has 5 heteroatoms. The van der Waals surface area contributed by atoms with Crippen LogP contribution in [-0.4, -0.2) is 27.0 Å². The van der Waals surface area contributed by atoms with Crippen molar-refractivity contribution in [1.82, 2.24) is 0 Å². The van der Waals surface area contributed by atoms with Crippen LogP contribution in [0.1, 0.15) is 17.0 Å². The summed E-state index contributed by atoms with van der Waals surface area (Å²) in [6.07, 6.45) is 0. The van der Waals surface area contributed by atoms with Gasteiger partial charge in [-0.3, -0.25) is 0 Å². The second-order valence-electron chi connectivity index (χ2n) is 4.84. The number of phenols is 2. The second-order valence-corrected chi connectivity index (χ2v) is 4.84. The van der Waals surface area contributed by atoms with Gasteiger partial charge in [0.2, 0.25) is 5.79 Å². The first kappa shape index (κ1) is 12.8. The monoisotopic (exact) mass is 274 g/mol. The molecule has 4 N–H and O–H groups in total. The topological polar surface area (TPSA) is 90.2 Å². The third-order valence-electron chi connectivity index (χ3n) is 3.53. The van der Waals surface area contributed by atoms with Gasteiger partial charge < -0.3 is 25.2 Å². The molecular formula is C15H14O5. The fourth-order valence-corrected chi connectivity index (χ4v) is 2.55. The van der Waals surface area contributed by atoms with Crippen LogP contribution in [0, 0.1) is 0 Å². The molecule has 0 radical (unpaired) electrons. The van der Waals surface area contributed by atoms with Crippen LogP contribution < -0.4 is 4.74 Å². The minimum atomic E-state index is -2.27. The number of fused-ring (bicyclic) bond motifs is 1. The van der Waals surface area contributed by atoms with Crippen molar-refractivity contribution in [2.75, 3.05) is 6.61 Å². The maximum Gasteiger partial charge on any atom is 0.207 e. The first-order valence-electron chi connectivity index (χ1n) is 6.19. The Labute approximate surface area is 115 Å². The van der Waals surface area contributed by atoms with Crippen LogP contribution in [0.5, 0.6) is 17.2 Å². The summed E-state index contributed by atoms with van der Waals surface area (Å²) in [7, 11) is 0. The molecule has 0 saturated heterocycles. The zero-order chi connectivity index (χ0) is 14.3. The number of ether oxygens (including phenoxy) is 1. The molecule has 20 heavy (non-hydrogen) atoms. The Bertz CT molecular complexity index is 636. The van der Waals surface area contributed by atoms with Gasteiger partial charge in [-0.1, -0.05) is 30.3 Å². The fraction of sp³-hybridized carbons (Fsp3) is 0.200. The van der Waals surface area contributed by atoms with Gasteiger partial charge in [0.15, 0.2) is 0 Å². The largest absolute Gasteiger partial charge is 0.508 e. The first-order chi connectivity index (χ1) is 9.50. The number of benzene rings is 2. The molecule has 0 aliphatic carbocycles. The first-order valence-corrected chi connectivity index (χ1v) is 6.19. The molecule has 1 aliphatic heterocycles. The molecule has 0 fully saturated rings. The zero-order valence-electron chi connectivity index (χ0n) is 10.5. The molecule has 2 aromatic rings. The molecule has 0 spiro atoms. The lowest BCUT2D eigenvalue weighted by Gasteiger charge is -2.37. The minimum Gasteiger partial charge on any atom is -0.508 e. The van der Waals surface area contributed by atoms with Gasteiger partial charge in [0.1, 0.15) is 23.9 Å². The Morgan fingerprint density at radius 1 is 1.05 bits per heavy atom. The predicted octanol–water partition coefficient (Wildman–Crippen LogP) is 1.41. The Hall–Kier alpha value is -2.24. The second kappa shape index (κ2) is 4.40. The van der Waals surface area contributed by atoms with Crippen LogP contribution in [0.25, 0.3) is 0 Å². The van der Waals surface area contributed by atoms with Gasteiger partial charge in [-0.05, 0) is 5.56 Å². The average molecular weight is 274 g/mol. The van der Waals surface area contributed by atoms with Crippen molar-refractivity contribution >= 4 is 0 Å². The Kier molecular flexibility index (Phi) is 2.81. The molecule has 5 nitrogen and oxygen atoms in total. The van der Waals surface area contributed by atoms with Crippen LogP contribution in [0.15, 0.2) is 42.5 Å². The lowest BCUT2D eigenvalue weighted by molar-refractivity contribution is -0.203. The van der Waals surface area contributed by atoms with Crippen LogP contribution in [0.3, 0.4) is 0 Å². The van der Waals surface area contributed by atoms with Gasteiger partial charge in [0.25, 0.3) is 0 Å². The van der Waals surface area contributed by atoms with Crippen molar-refractivity contribution < 1.29 is 25.2 Å². The molecule has 0 aromatic heterocycles. The SMILES string of the molecule is Oc1cc(O)c2c(c1)OCC(c1ccccc1)C2(O)O. The van der Waals surface area contributed by atoms with E-state index in [1.54, 1.807) is 24.3 Å². The molecule has 1 aliphatic rings. The summed E-state index contributed by atoms with van der Waals surface area (Å²) in [6.45, 7) is 0.0346. The smallest absolute Gasteiger partial charge is 0.207 e. The van der Waals surface area contributed by atoms with Crippen molar-refractivity contribution in [2.45, 2.75) is 11.7 Å². The van der Waals surface area contributed by atoms with E-state index in [9.17, 15) is 20.4 Å². The molecular weight excluding hydrogens is 260 g/mol. The predicted molar refractivity (Wildman–Crippen MR) is 70.6 cm³/mol. The number of aromatic hydroxyl groups is 2. The average Bonchev–Trinajstić information content (AvgIpc) is 2.38. The standard InChI is InChI=1S/C15H14O5/c16-10-6-12(17)14-13(7-10)20-8-11(15(14,18)19)9-4-2-1-3-5-9/h1-7,11,16-19H,8H2. The number of aliphatic hydroxyl groups is 2. The van der Waals surface area contributed by atoms with Gasteiger partial charge in [-0.2, -0.15) is 0 Å². The summed E-state index contributed by atoms with van der Waals surface area (Å²) < 4.78 is 5.45. The van der Waals surface area contributed by atoms with Gasteiger partial charge in [-0.25, -0.2) is 0 Å². The number of hydrogen-bond donors (Lipinski definition) is 4. The van der Waals surface area contributed by atoms with E-state index in [2.05, 4.69) is 0 Å². The zero-order valence-corrected chi connectivity index (χ0v) is 10.5. The summed E-state index contributed by atoms with van der Waals surface area (Å²) in [5.74, 6) is -3.54. The molecule has 0 amide bonds. The molecule has 0 saturated carbocycles. The third-order valence-corrected chi connectivity index (χ3v) is 3.53. The quantitative estimate of drug-likeness (QED) is 0.590. The van der Waals surface area contributed by atoms with Crippen molar-refractivity contribution in [3.05, 3.63) is 53.6 Å². The summed E-state index contributed by atoms with van der Waals surface area (Å²) in [6, 6.07) is 11.2. The van der Waals surface area contributed by atoms with E-state index in [0.717, 1.165) is 6.07 Å². The van der Waals surface area contributed by atoms with E-state index in [1.807, 2.05) is 6.07 Å². The van der Waals surface area contributed by atoms with Crippen molar-refractivity contribution in [3.63, 3.8) is 0 Å². The Morgan fingerprint density at radius 2 is 1.75 bits per heavy atom. The summed E-state index contributed by atoms with van der Waals surface area (Å²) in [4.78, 5) is 0.